The second-order valence-corrected chi connectivity index (χ2v) is 7.20. The van der Waals surface area contributed by atoms with Gasteiger partial charge in [-0.15, -0.1) is 0 Å². The minimum Gasteiger partial charge on any atom is -0.356 e. The molecule has 1 amide bonds. The molecule has 18 heavy (non-hydrogen) atoms. The van der Waals surface area contributed by atoms with Gasteiger partial charge in [0.2, 0.25) is 5.91 Å². The molecule has 104 valence electrons. The summed E-state index contributed by atoms with van der Waals surface area (Å²) in [4.78, 5) is 11.9. The van der Waals surface area contributed by atoms with E-state index in [1.165, 1.54) is 0 Å². The lowest BCUT2D eigenvalue weighted by molar-refractivity contribution is -0.122. The molecule has 0 aromatic heterocycles. The van der Waals surface area contributed by atoms with E-state index in [9.17, 15) is 4.79 Å². The molecular formula is C15H28N2O. The van der Waals surface area contributed by atoms with Crippen LogP contribution < -0.4 is 10.6 Å². The third-order valence-electron chi connectivity index (χ3n) is 5.76. The van der Waals surface area contributed by atoms with Crippen LogP contribution in [0.4, 0.5) is 0 Å². The molecule has 2 N–H and O–H groups in total. The molecule has 1 saturated carbocycles. The van der Waals surface area contributed by atoms with E-state index in [0.29, 0.717) is 22.7 Å². The summed E-state index contributed by atoms with van der Waals surface area (Å²) in [5.41, 5.74) is 0.740. The van der Waals surface area contributed by atoms with E-state index in [2.05, 4.69) is 38.3 Å². The summed E-state index contributed by atoms with van der Waals surface area (Å²) in [6.07, 6.45) is 3.01. The molecule has 1 heterocycles. The Kier molecular flexibility index (Phi) is 3.72. The van der Waals surface area contributed by atoms with Crippen LogP contribution in [0.1, 0.15) is 47.0 Å². The summed E-state index contributed by atoms with van der Waals surface area (Å²) in [6, 6.07) is 0. The first-order valence-electron chi connectivity index (χ1n) is 7.33. The van der Waals surface area contributed by atoms with Crippen molar-refractivity contribution >= 4 is 5.91 Å². The quantitative estimate of drug-likeness (QED) is 0.805. The van der Waals surface area contributed by atoms with Gasteiger partial charge in [0, 0.05) is 13.0 Å². The first kappa shape index (κ1) is 13.9. The van der Waals surface area contributed by atoms with E-state index in [4.69, 9.17) is 0 Å². The fourth-order valence-corrected chi connectivity index (χ4v) is 3.48. The predicted octanol–water partition coefficient (Wildman–Crippen LogP) is 2.17. The highest BCUT2D eigenvalue weighted by Crippen LogP contribution is 2.67. The monoisotopic (exact) mass is 252 g/mol. The molecule has 0 spiro atoms. The van der Waals surface area contributed by atoms with Gasteiger partial charge < -0.3 is 10.6 Å². The van der Waals surface area contributed by atoms with Crippen molar-refractivity contribution in [3.05, 3.63) is 0 Å². The summed E-state index contributed by atoms with van der Waals surface area (Å²) in [7, 11) is 0. The third kappa shape index (κ3) is 2.56. The van der Waals surface area contributed by atoms with E-state index >= 15 is 0 Å². The smallest absolute Gasteiger partial charge is 0.220 e. The molecule has 1 saturated heterocycles. The highest BCUT2D eigenvalue weighted by molar-refractivity contribution is 5.76. The number of hydrogen-bond donors (Lipinski definition) is 2. The van der Waals surface area contributed by atoms with E-state index < -0.39 is 0 Å². The molecule has 3 nitrogen and oxygen atoms in total. The van der Waals surface area contributed by atoms with Crippen molar-refractivity contribution in [1.29, 1.82) is 0 Å². The average molecular weight is 252 g/mol. The maximum Gasteiger partial charge on any atom is 0.220 e. The molecule has 1 aliphatic carbocycles. The lowest BCUT2D eigenvalue weighted by atomic mass is 9.94. The van der Waals surface area contributed by atoms with Crippen molar-refractivity contribution in [3.63, 3.8) is 0 Å². The SMILES string of the molecule is CC1(C)C(CNC(=O)CC2CCNCC2)C1(C)C. The first-order chi connectivity index (χ1) is 8.35. The topological polar surface area (TPSA) is 41.1 Å². The van der Waals surface area contributed by atoms with E-state index in [1.807, 2.05) is 0 Å². The molecule has 0 aromatic carbocycles. The largest absolute Gasteiger partial charge is 0.356 e. The Balaban J connectivity index is 1.70. The molecule has 3 heteroatoms. The first-order valence-corrected chi connectivity index (χ1v) is 7.33. The van der Waals surface area contributed by atoms with Crippen molar-refractivity contribution in [2.45, 2.75) is 47.0 Å². The van der Waals surface area contributed by atoms with Crippen LogP contribution in [0.2, 0.25) is 0 Å². The summed E-state index contributed by atoms with van der Waals surface area (Å²) in [6.45, 7) is 12.2. The van der Waals surface area contributed by atoms with Crippen LogP contribution in [0.15, 0.2) is 0 Å². The predicted molar refractivity (Wildman–Crippen MR) is 74.3 cm³/mol. The number of nitrogens with one attached hydrogen (secondary N) is 2. The standard InChI is InChI=1S/C15H28N2O/c1-14(2)12(15(14,3)4)10-17-13(18)9-11-5-7-16-8-6-11/h11-12,16H,5-10H2,1-4H3,(H,17,18). The number of carbonyl (C=O) groups is 1. The van der Waals surface area contributed by atoms with Gasteiger partial charge in [-0.1, -0.05) is 27.7 Å². The zero-order valence-electron chi connectivity index (χ0n) is 12.3. The molecule has 2 rings (SSSR count). The van der Waals surface area contributed by atoms with Crippen LogP contribution in [-0.2, 0) is 4.79 Å². The Bertz CT molecular complexity index is 302. The third-order valence-corrected chi connectivity index (χ3v) is 5.76. The van der Waals surface area contributed by atoms with Gasteiger partial charge in [-0.3, -0.25) is 4.79 Å². The van der Waals surface area contributed by atoms with Crippen molar-refractivity contribution in [2.75, 3.05) is 19.6 Å². The highest BCUT2D eigenvalue weighted by atomic mass is 16.1. The van der Waals surface area contributed by atoms with Crippen molar-refractivity contribution < 1.29 is 4.79 Å². The maximum absolute atomic E-state index is 11.9. The molecule has 1 aliphatic heterocycles. The molecule has 0 aromatic rings. The second-order valence-electron chi connectivity index (χ2n) is 7.20. The minimum atomic E-state index is 0.250. The summed E-state index contributed by atoms with van der Waals surface area (Å²) >= 11 is 0. The van der Waals surface area contributed by atoms with Gasteiger partial charge >= 0.3 is 0 Å². The normalized spacial score (nSPS) is 26.9. The molecule has 0 atom stereocenters. The van der Waals surface area contributed by atoms with E-state index in [0.717, 1.165) is 38.9 Å². The Hall–Kier alpha value is -0.570. The lowest BCUT2D eigenvalue weighted by Gasteiger charge is -2.22. The number of hydrogen-bond acceptors (Lipinski definition) is 2. The average Bonchev–Trinajstić information content (AvgIpc) is 2.68. The van der Waals surface area contributed by atoms with Crippen molar-refractivity contribution in [3.8, 4) is 0 Å². The Morgan fingerprint density at radius 1 is 1.17 bits per heavy atom. The van der Waals surface area contributed by atoms with Gasteiger partial charge in [-0.25, -0.2) is 0 Å². The number of carbonyl (C=O) groups excluding carboxylic acids is 1. The van der Waals surface area contributed by atoms with Gasteiger partial charge in [0.05, 0.1) is 0 Å². The maximum atomic E-state index is 11.9. The fourth-order valence-electron chi connectivity index (χ4n) is 3.48. The minimum absolute atomic E-state index is 0.250. The Labute approximate surface area is 111 Å². The van der Waals surface area contributed by atoms with Crippen molar-refractivity contribution in [1.82, 2.24) is 10.6 Å². The molecule has 0 unspecified atom stereocenters. The summed E-state index contributed by atoms with van der Waals surface area (Å²) in [5, 5.41) is 6.48. The van der Waals surface area contributed by atoms with Gasteiger partial charge in [0.15, 0.2) is 0 Å². The van der Waals surface area contributed by atoms with Crippen LogP contribution in [0.3, 0.4) is 0 Å². The molecule has 2 fully saturated rings. The zero-order chi connectivity index (χ0) is 13.4. The number of piperidine rings is 1. The van der Waals surface area contributed by atoms with Gasteiger partial charge in [-0.05, 0) is 48.6 Å². The molecule has 0 radical (unpaired) electrons. The van der Waals surface area contributed by atoms with Crippen molar-refractivity contribution in [2.24, 2.45) is 22.7 Å². The number of rotatable bonds is 4. The Morgan fingerprint density at radius 2 is 1.72 bits per heavy atom. The van der Waals surface area contributed by atoms with E-state index in [-0.39, 0.29) is 5.91 Å². The second kappa shape index (κ2) is 4.84. The van der Waals surface area contributed by atoms with Crippen LogP contribution in [0.5, 0.6) is 0 Å². The van der Waals surface area contributed by atoms with Crippen LogP contribution in [0, 0.1) is 22.7 Å². The Morgan fingerprint density at radius 3 is 2.22 bits per heavy atom. The molecular weight excluding hydrogens is 224 g/mol. The summed E-state index contributed by atoms with van der Waals surface area (Å²) in [5.74, 6) is 1.47. The molecule has 2 aliphatic rings. The molecule has 0 bridgehead atoms. The fraction of sp³-hybridized carbons (Fsp3) is 0.933. The van der Waals surface area contributed by atoms with Crippen LogP contribution in [0.25, 0.3) is 0 Å². The highest BCUT2D eigenvalue weighted by Gasteiger charge is 2.64. The zero-order valence-corrected chi connectivity index (χ0v) is 12.3. The summed E-state index contributed by atoms with van der Waals surface area (Å²) < 4.78 is 0. The van der Waals surface area contributed by atoms with E-state index in [1.54, 1.807) is 0 Å². The van der Waals surface area contributed by atoms with Crippen LogP contribution >= 0.6 is 0 Å². The van der Waals surface area contributed by atoms with Crippen LogP contribution in [-0.4, -0.2) is 25.5 Å². The lowest BCUT2D eigenvalue weighted by Crippen LogP contribution is -2.33. The van der Waals surface area contributed by atoms with Gasteiger partial charge in [-0.2, -0.15) is 0 Å². The van der Waals surface area contributed by atoms with Gasteiger partial charge in [0.25, 0.3) is 0 Å². The number of amides is 1. The van der Waals surface area contributed by atoms with Gasteiger partial charge in [0.1, 0.15) is 0 Å².